The van der Waals surface area contributed by atoms with Crippen LogP contribution in [-0.4, -0.2) is 46.1 Å². The lowest BCUT2D eigenvalue weighted by atomic mass is 10.3. The molecule has 0 radical (unpaired) electrons. The molecule has 7 nitrogen and oxygen atoms in total. The van der Waals surface area contributed by atoms with E-state index in [4.69, 9.17) is 4.74 Å². The number of nitrogens with zero attached hydrogens (tertiary/aromatic N) is 2. The van der Waals surface area contributed by atoms with Gasteiger partial charge in [-0.05, 0) is 42.8 Å². The number of unbranched alkanes of at least 4 members (excludes halogenated alkanes) is 1. The summed E-state index contributed by atoms with van der Waals surface area (Å²) in [6.45, 7) is 4.15. The Bertz CT molecular complexity index is 929. The van der Waals surface area contributed by atoms with Gasteiger partial charge in [0.05, 0.1) is 17.7 Å². The summed E-state index contributed by atoms with van der Waals surface area (Å²) in [6.07, 6.45) is 2.02. The molecule has 0 saturated carbocycles. The number of amides is 2. The molecular weight excluding hydrogens is 378 g/mol. The van der Waals surface area contributed by atoms with Crippen molar-refractivity contribution in [2.24, 2.45) is 0 Å². The van der Waals surface area contributed by atoms with Gasteiger partial charge in [0.1, 0.15) is 5.75 Å². The van der Waals surface area contributed by atoms with E-state index in [1.165, 1.54) is 19.2 Å². The number of rotatable bonds is 8. The van der Waals surface area contributed by atoms with Crippen LogP contribution in [-0.2, 0) is 10.0 Å². The third-order valence-electron chi connectivity index (χ3n) is 4.66. The molecule has 1 aliphatic heterocycles. The van der Waals surface area contributed by atoms with Gasteiger partial charge in [-0.1, -0.05) is 19.4 Å². The molecule has 0 aromatic heterocycles. The largest absolute Gasteiger partial charge is 0.497 e. The van der Waals surface area contributed by atoms with Gasteiger partial charge in [-0.25, -0.2) is 13.2 Å². The van der Waals surface area contributed by atoms with Crippen LogP contribution in [0.4, 0.5) is 16.2 Å². The van der Waals surface area contributed by atoms with E-state index in [-0.39, 0.29) is 10.9 Å². The molecule has 0 aliphatic carbocycles. The Morgan fingerprint density at radius 2 is 1.86 bits per heavy atom. The van der Waals surface area contributed by atoms with E-state index in [2.05, 4.69) is 11.6 Å². The smallest absolute Gasteiger partial charge is 0.324 e. The van der Waals surface area contributed by atoms with Crippen molar-refractivity contribution in [1.29, 1.82) is 0 Å². The third-order valence-corrected chi connectivity index (χ3v) is 6.05. The van der Waals surface area contributed by atoms with Crippen LogP contribution in [0.3, 0.4) is 0 Å². The van der Waals surface area contributed by atoms with E-state index < -0.39 is 10.0 Å². The average molecular weight is 404 g/mol. The van der Waals surface area contributed by atoms with Crippen molar-refractivity contribution < 1.29 is 17.9 Å². The van der Waals surface area contributed by atoms with Crippen molar-refractivity contribution in [1.82, 2.24) is 4.90 Å². The second kappa shape index (κ2) is 8.52. The monoisotopic (exact) mass is 403 g/mol. The minimum atomic E-state index is -3.73. The molecule has 0 unspecified atom stereocenters. The van der Waals surface area contributed by atoms with Gasteiger partial charge < -0.3 is 9.64 Å². The molecule has 1 fully saturated rings. The Morgan fingerprint density at radius 1 is 1.11 bits per heavy atom. The van der Waals surface area contributed by atoms with Crippen molar-refractivity contribution in [3.63, 3.8) is 0 Å². The Labute approximate surface area is 166 Å². The molecule has 2 aromatic rings. The summed E-state index contributed by atoms with van der Waals surface area (Å²) in [5.41, 5.74) is 1.12. The van der Waals surface area contributed by atoms with Crippen LogP contribution in [0.5, 0.6) is 5.75 Å². The Balaban J connectivity index is 1.72. The predicted molar refractivity (Wildman–Crippen MR) is 109 cm³/mol. The third kappa shape index (κ3) is 4.39. The SMILES string of the molecule is CCCCN1CCN(c2ccc(S(=O)(=O)Nc3cccc(OC)c3)cc2)C1=O. The van der Waals surface area contributed by atoms with E-state index in [0.29, 0.717) is 30.2 Å². The number of carbonyl (C=O) groups is 1. The van der Waals surface area contributed by atoms with Crippen LogP contribution >= 0.6 is 0 Å². The summed E-state index contributed by atoms with van der Waals surface area (Å²) in [6, 6.07) is 13.1. The first-order valence-electron chi connectivity index (χ1n) is 9.28. The number of urea groups is 1. The highest BCUT2D eigenvalue weighted by Gasteiger charge is 2.29. The molecule has 0 bridgehead atoms. The van der Waals surface area contributed by atoms with Gasteiger partial charge in [0.2, 0.25) is 0 Å². The second-order valence-corrected chi connectivity index (χ2v) is 8.29. The fraction of sp³-hybridized carbons (Fsp3) is 0.350. The first-order chi connectivity index (χ1) is 13.4. The number of methoxy groups -OCH3 is 1. The minimum absolute atomic E-state index is 0.0291. The Hall–Kier alpha value is -2.74. The summed E-state index contributed by atoms with van der Waals surface area (Å²) in [7, 11) is -2.21. The van der Waals surface area contributed by atoms with Gasteiger partial charge in [0, 0.05) is 31.4 Å². The molecule has 150 valence electrons. The van der Waals surface area contributed by atoms with Crippen molar-refractivity contribution in [2.45, 2.75) is 24.7 Å². The fourth-order valence-electron chi connectivity index (χ4n) is 3.08. The van der Waals surface area contributed by atoms with Gasteiger partial charge in [0.25, 0.3) is 10.0 Å². The number of ether oxygens (including phenoxy) is 1. The molecule has 3 rings (SSSR count). The summed E-state index contributed by atoms with van der Waals surface area (Å²) < 4.78 is 32.9. The quantitative estimate of drug-likeness (QED) is 0.731. The van der Waals surface area contributed by atoms with E-state index in [1.807, 2.05) is 4.90 Å². The van der Waals surface area contributed by atoms with E-state index in [1.54, 1.807) is 41.3 Å². The van der Waals surface area contributed by atoms with Crippen LogP contribution < -0.4 is 14.4 Å². The topological polar surface area (TPSA) is 79.0 Å². The second-order valence-electron chi connectivity index (χ2n) is 6.61. The summed E-state index contributed by atoms with van der Waals surface area (Å²) >= 11 is 0. The fourth-order valence-corrected chi connectivity index (χ4v) is 4.13. The van der Waals surface area contributed by atoms with E-state index in [0.717, 1.165) is 19.4 Å². The van der Waals surface area contributed by atoms with Gasteiger partial charge in [-0.2, -0.15) is 0 Å². The molecule has 8 heteroatoms. The van der Waals surface area contributed by atoms with Crippen LogP contribution in [0.25, 0.3) is 0 Å². The minimum Gasteiger partial charge on any atom is -0.497 e. The molecule has 0 spiro atoms. The lowest BCUT2D eigenvalue weighted by molar-refractivity contribution is 0.220. The normalized spacial score (nSPS) is 14.4. The van der Waals surface area contributed by atoms with E-state index >= 15 is 0 Å². The maximum Gasteiger partial charge on any atom is 0.324 e. The highest BCUT2D eigenvalue weighted by molar-refractivity contribution is 7.92. The zero-order chi connectivity index (χ0) is 20.1. The lowest BCUT2D eigenvalue weighted by Gasteiger charge is -2.19. The maximum atomic E-state index is 12.6. The highest BCUT2D eigenvalue weighted by atomic mass is 32.2. The molecule has 1 aliphatic rings. The first kappa shape index (κ1) is 20.0. The number of carbonyl (C=O) groups excluding carboxylic acids is 1. The van der Waals surface area contributed by atoms with E-state index in [9.17, 15) is 13.2 Å². The van der Waals surface area contributed by atoms with Crippen molar-refractivity contribution in [3.8, 4) is 5.75 Å². The maximum absolute atomic E-state index is 12.6. The number of anilines is 2. The molecule has 2 aromatic carbocycles. The lowest BCUT2D eigenvalue weighted by Crippen LogP contribution is -2.32. The molecule has 1 saturated heterocycles. The van der Waals surface area contributed by atoms with Crippen LogP contribution in [0.2, 0.25) is 0 Å². The molecule has 1 heterocycles. The van der Waals surface area contributed by atoms with Crippen LogP contribution in [0.1, 0.15) is 19.8 Å². The Kier molecular flexibility index (Phi) is 6.08. The zero-order valence-corrected chi connectivity index (χ0v) is 16.9. The number of nitrogens with one attached hydrogen (secondary N) is 1. The Morgan fingerprint density at radius 3 is 2.54 bits per heavy atom. The summed E-state index contributed by atoms with van der Waals surface area (Å²) in [5, 5.41) is 0. The van der Waals surface area contributed by atoms with Gasteiger partial charge in [0.15, 0.2) is 0 Å². The van der Waals surface area contributed by atoms with Crippen LogP contribution in [0, 0.1) is 0 Å². The number of benzene rings is 2. The molecular formula is C20H25N3O4S. The average Bonchev–Trinajstić information content (AvgIpc) is 3.06. The number of hydrogen-bond donors (Lipinski definition) is 1. The van der Waals surface area contributed by atoms with Crippen LogP contribution in [0.15, 0.2) is 53.4 Å². The van der Waals surface area contributed by atoms with Crippen molar-refractivity contribution >= 4 is 27.4 Å². The molecule has 2 amide bonds. The number of hydrogen-bond acceptors (Lipinski definition) is 4. The zero-order valence-electron chi connectivity index (χ0n) is 16.1. The van der Waals surface area contributed by atoms with Crippen molar-refractivity contribution in [3.05, 3.63) is 48.5 Å². The number of sulfonamides is 1. The summed E-state index contributed by atoms with van der Waals surface area (Å²) in [4.78, 5) is 16.2. The van der Waals surface area contributed by atoms with Crippen molar-refractivity contribution in [2.75, 3.05) is 36.4 Å². The first-order valence-corrected chi connectivity index (χ1v) is 10.8. The van der Waals surface area contributed by atoms with Gasteiger partial charge >= 0.3 is 6.03 Å². The van der Waals surface area contributed by atoms with Gasteiger partial charge in [-0.3, -0.25) is 9.62 Å². The molecule has 28 heavy (non-hydrogen) atoms. The van der Waals surface area contributed by atoms with Gasteiger partial charge in [-0.15, -0.1) is 0 Å². The predicted octanol–water partition coefficient (Wildman–Crippen LogP) is 3.54. The highest BCUT2D eigenvalue weighted by Crippen LogP contribution is 2.25. The molecule has 1 N–H and O–H groups in total. The molecule has 0 atom stereocenters. The summed E-state index contributed by atoms with van der Waals surface area (Å²) in [5.74, 6) is 0.565. The standard InChI is InChI=1S/C20H25N3O4S/c1-3-4-12-22-13-14-23(20(22)24)17-8-10-19(11-9-17)28(25,26)21-16-6-5-7-18(15-16)27-2/h5-11,15,21H,3-4,12-14H2,1-2H3.